The molecule has 0 aliphatic rings. The summed E-state index contributed by atoms with van der Waals surface area (Å²) in [6, 6.07) is 1.24. The molecule has 86 valence electrons. The van der Waals surface area contributed by atoms with Crippen LogP contribution in [0.2, 0.25) is 4.34 Å². The monoisotopic (exact) mass is 276 g/mol. The molecule has 3 N–H and O–H groups in total. The van der Waals surface area contributed by atoms with Gasteiger partial charge in [0, 0.05) is 0 Å². The first-order valence-electron chi connectivity index (χ1n) is 3.65. The molecule has 0 aromatic carbocycles. The number of thiophene rings is 1. The molecule has 1 aromatic heterocycles. The number of anilines is 1. The molecule has 1 rings (SSSR count). The van der Waals surface area contributed by atoms with Gasteiger partial charge in [0.2, 0.25) is 10.0 Å². The second-order valence-electron chi connectivity index (χ2n) is 2.57. The van der Waals surface area contributed by atoms with E-state index in [1.54, 1.807) is 0 Å². The lowest BCUT2D eigenvalue weighted by molar-refractivity contribution is 0.163. The zero-order valence-corrected chi connectivity index (χ0v) is 9.59. The molecule has 15 heavy (non-hydrogen) atoms. The predicted octanol–water partition coefficient (Wildman–Crippen LogP) is 1.73. The van der Waals surface area contributed by atoms with Gasteiger partial charge in [-0.25, -0.2) is 22.3 Å². The normalized spacial score (nSPS) is 12.1. The van der Waals surface area contributed by atoms with E-state index < -0.39 is 23.0 Å². The number of sulfonamides is 1. The van der Waals surface area contributed by atoms with E-state index in [0.717, 1.165) is 11.3 Å². The van der Waals surface area contributed by atoms with Crippen molar-refractivity contribution in [2.45, 2.75) is 10.6 Å². The van der Waals surface area contributed by atoms with Gasteiger partial charge in [-0.1, -0.05) is 11.6 Å². The standard InChI is InChI=1S/C6H7ClF2N2O2S2/c7-4-1-3(11-2-5(8)9)6(14-4)15(10,12)13/h1,5,11H,2H2,(H2,10,12,13). The molecule has 0 fully saturated rings. The number of hydrogen-bond donors (Lipinski definition) is 2. The third-order valence-corrected chi connectivity index (χ3v) is 4.12. The van der Waals surface area contributed by atoms with Crippen LogP contribution in [0.4, 0.5) is 14.5 Å². The Morgan fingerprint density at radius 3 is 2.67 bits per heavy atom. The number of rotatable bonds is 4. The minimum absolute atomic E-state index is 0.00722. The maximum atomic E-state index is 11.9. The summed E-state index contributed by atoms with van der Waals surface area (Å²) in [6.45, 7) is -0.657. The van der Waals surface area contributed by atoms with E-state index in [2.05, 4.69) is 5.32 Å². The van der Waals surface area contributed by atoms with E-state index >= 15 is 0 Å². The van der Waals surface area contributed by atoms with Gasteiger partial charge < -0.3 is 5.32 Å². The smallest absolute Gasteiger partial charge is 0.255 e. The molecular formula is C6H7ClF2N2O2S2. The van der Waals surface area contributed by atoms with Crippen molar-refractivity contribution in [1.82, 2.24) is 0 Å². The summed E-state index contributed by atoms with van der Waals surface area (Å²) in [5.74, 6) is 0. The first-order chi connectivity index (χ1) is 6.80. The average Bonchev–Trinajstić information content (AvgIpc) is 2.42. The highest BCUT2D eigenvalue weighted by Crippen LogP contribution is 2.33. The van der Waals surface area contributed by atoms with Crippen molar-refractivity contribution in [3.63, 3.8) is 0 Å². The molecule has 0 unspecified atom stereocenters. The van der Waals surface area contributed by atoms with Gasteiger partial charge >= 0.3 is 0 Å². The van der Waals surface area contributed by atoms with Crippen molar-refractivity contribution in [1.29, 1.82) is 0 Å². The van der Waals surface area contributed by atoms with E-state index in [4.69, 9.17) is 16.7 Å². The summed E-state index contributed by atoms with van der Waals surface area (Å²) in [5, 5.41) is 7.13. The van der Waals surface area contributed by atoms with Crippen molar-refractivity contribution in [2.75, 3.05) is 11.9 Å². The highest BCUT2D eigenvalue weighted by molar-refractivity contribution is 7.91. The second kappa shape index (κ2) is 4.60. The maximum Gasteiger partial charge on any atom is 0.255 e. The molecule has 1 heterocycles. The number of hydrogen-bond acceptors (Lipinski definition) is 4. The lowest BCUT2D eigenvalue weighted by atomic mass is 10.5. The van der Waals surface area contributed by atoms with Crippen LogP contribution >= 0.6 is 22.9 Å². The van der Waals surface area contributed by atoms with Crippen LogP contribution in [0.25, 0.3) is 0 Å². The predicted molar refractivity (Wildman–Crippen MR) is 55.2 cm³/mol. The van der Waals surface area contributed by atoms with Crippen LogP contribution in [0, 0.1) is 0 Å². The van der Waals surface area contributed by atoms with Crippen LogP contribution in [0.3, 0.4) is 0 Å². The van der Waals surface area contributed by atoms with Crippen molar-refractivity contribution in [3.05, 3.63) is 10.4 Å². The summed E-state index contributed by atoms with van der Waals surface area (Å²) in [5.41, 5.74) is 0.00722. The Hall–Kier alpha value is -0.440. The van der Waals surface area contributed by atoms with Crippen LogP contribution in [0.1, 0.15) is 0 Å². The first-order valence-corrected chi connectivity index (χ1v) is 6.39. The van der Waals surface area contributed by atoms with Crippen molar-refractivity contribution >= 4 is 38.6 Å². The zero-order chi connectivity index (χ0) is 11.6. The van der Waals surface area contributed by atoms with Crippen molar-refractivity contribution in [2.24, 2.45) is 5.14 Å². The Bertz CT molecular complexity index is 446. The van der Waals surface area contributed by atoms with Crippen LogP contribution in [0.15, 0.2) is 10.3 Å². The lowest BCUT2D eigenvalue weighted by Crippen LogP contribution is -2.15. The molecule has 0 bridgehead atoms. The van der Waals surface area contributed by atoms with Gasteiger partial charge in [0.25, 0.3) is 6.43 Å². The third kappa shape index (κ3) is 3.56. The summed E-state index contributed by atoms with van der Waals surface area (Å²) < 4.78 is 45.7. The number of alkyl halides is 2. The molecule has 0 saturated carbocycles. The van der Waals surface area contributed by atoms with Crippen LogP contribution < -0.4 is 10.5 Å². The Balaban J connectivity index is 2.97. The fraction of sp³-hybridized carbons (Fsp3) is 0.333. The van der Waals surface area contributed by atoms with Gasteiger partial charge in [-0.05, 0) is 6.07 Å². The fourth-order valence-corrected chi connectivity index (χ4v) is 3.11. The highest BCUT2D eigenvalue weighted by Gasteiger charge is 2.18. The van der Waals surface area contributed by atoms with Crippen LogP contribution in [0.5, 0.6) is 0 Å². The van der Waals surface area contributed by atoms with Gasteiger partial charge in [-0.2, -0.15) is 0 Å². The SMILES string of the molecule is NS(=O)(=O)c1sc(Cl)cc1NCC(F)F. The Labute approximate surface area is 94.1 Å². The van der Waals surface area contributed by atoms with Gasteiger partial charge in [0.05, 0.1) is 16.6 Å². The van der Waals surface area contributed by atoms with Crippen molar-refractivity contribution < 1.29 is 17.2 Å². The van der Waals surface area contributed by atoms with E-state index in [1.165, 1.54) is 6.07 Å². The molecule has 0 aliphatic carbocycles. The van der Waals surface area contributed by atoms with Gasteiger partial charge in [-0.15, -0.1) is 11.3 Å². The number of nitrogens with two attached hydrogens (primary N) is 1. The molecule has 0 aliphatic heterocycles. The Morgan fingerprint density at radius 1 is 1.60 bits per heavy atom. The zero-order valence-electron chi connectivity index (χ0n) is 7.21. The molecule has 4 nitrogen and oxygen atoms in total. The van der Waals surface area contributed by atoms with Gasteiger partial charge in [-0.3, -0.25) is 0 Å². The molecule has 1 aromatic rings. The molecule has 0 atom stereocenters. The lowest BCUT2D eigenvalue weighted by Gasteiger charge is -2.04. The van der Waals surface area contributed by atoms with E-state index in [1.807, 2.05) is 0 Å². The maximum absolute atomic E-state index is 11.9. The quantitative estimate of drug-likeness (QED) is 0.880. The fourth-order valence-electron chi connectivity index (χ4n) is 0.867. The minimum Gasteiger partial charge on any atom is -0.377 e. The van der Waals surface area contributed by atoms with Gasteiger partial charge in [0.1, 0.15) is 0 Å². The highest BCUT2D eigenvalue weighted by atomic mass is 35.5. The first kappa shape index (κ1) is 12.6. The molecule has 9 heteroatoms. The summed E-state index contributed by atoms with van der Waals surface area (Å²) >= 11 is 6.28. The number of halogens is 3. The van der Waals surface area contributed by atoms with E-state index in [-0.39, 0.29) is 14.2 Å². The summed E-state index contributed by atoms with van der Waals surface area (Å²) in [6.07, 6.45) is -2.59. The minimum atomic E-state index is -3.93. The molecule has 0 saturated heterocycles. The summed E-state index contributed by atoms with van der Waals surface area (Å²) in [7, 11) is -3.93. The molecule has 0 spiro atoms. The Morgan fingerprint density at radius 2 is 2.20 bits per heavy atom. The van der Waals surface area contributed by atoms with Crippen molar-refractivity contribution in [3.8, 4) is 0 Å². The molecule has 0 radical (unpaired) electrons. The molecular weight excluding hydrogens is 270 g/mol. The average molecular weight is 277 g/mol. The van der Waals surface area contributed by atoms with E-state index in [0.29, 0.717) is 0 Å². The van der Waals surface area contributed by atoms with Gasteiger partial charge in [0.15, 0.2) is 4.21 Å². The number of nitrogens with one attached hydrogen (secondary N) is 1. The second-order valence-corrected chi connectivity index (χ2v) is 6.01. The summed E-state index contributed by atoms with van der Waals surface area (Å²) in [4.78, 5) is 0. The Kier molecular flexibility index (Phi) is 3.87. The molecule has 0 amide bonds. The number of primary sulfonamides is 1. The topological polar surface area (TPSA) is 72.2 Å². The third-order valence-electron chi connectivity index (χ3n) is 1.37. The van der Waals surface area contributed by atoms with E-state index in [9.17, 15) is 17.2 Å². The van der Waals surface area contributed by atoms with Crippen LogP contribution in [-0.4, -0.2) is 21.4 Å². The van der Waals surface area contributed by atoms with Crippen LogP contribution in [-0.2, 0) is 10.0 Å². The largest absolute Gasteiger partial charge is 0.377 e.